The molecule has 1 nitrogen and oxygen atoms in total. The molecule has 0 saturated carbocycles. The van der Waals surface area contributed by atoms with E-state index in [1.807, 2.05) is 0 Å². The third-order valence-electron chi connectivity index (χ3n) is 2.90. The average Bonchev–Trinajstić information content (AvgIpc) is 2.19. The van der Waals surface area contributed by atoms with Crippen molar-refractivity contribution in [2.24, 2.45) is 0 Å². The maximum atomic E-state index is 11.2. The molecule has 0 fully saturated rings. The Balaban J connectivity index is 2.10. The van der Waals surface area contributed by atoms with Crippen molar-refractivity contribution in [1.82, 2.24) is 0 Å². The standard InChI is InChI=1S/C12H16O/c13-12-8-4-7-11(9-12)10-5-2-1-3-6-10/h5,7H,1-4,6,8-9H2. The van der Waals surface area contributed by atoms with Crippen LogP contribution in [0.4, 0.5) is 0 Å². The monoisotopic (exact) mass is 176 g/mol. The molecule has 0 atom stereocenters. The van der Waals surface area contributed by atoms with Crippen LogP contribution < -0.4 is 0 Å². The van der Waals surface area contributed by atoms with Crippen molar-refractivity contribution in [2.75, 3.05) is 0 Å². The van der Waals surface area contributed by atoms with Gasteiger partial charge in [-0.1, -0.05) is 12.2 Å². The second kappa shape index (κ2) is 3.91. The van der Waals surface area contributed by atoms with E-state index in [1.54, 1.807) is 0 Å². The third-order valence-corrected chi connectivity index (χ3v) is 2.90. The molecule has 13 heavy (non-hydrogen) atoms. The Hall–Kier alpha value is -0.850. The van der Waals surface area contributed by atoms with Gasteiger partial charge in [0.25, 0.3) is 0 Å². The highest BCUT2D eigenvalue weighted by Gasteiger charge is 2.15. The lowest BCUT2D eigenvalue weighted by Gasteiger charge is -2.18. The molecule has 0 N–H and O–H groups in total. The van der Waals surface area contributed by atoms with E-state index in [4.69, 9.17) is 0 Å². The minimum atomic E-state index is 0.420. The molecule has 0 unspecified atom stereocenters. The molecule has 0 aromatic carbocycles. The summed E-state index contributed by atoms with van der Waals surface area (Å²) in [6.07, 6.45) is 12.0. The van der Waals surface area contributed by atoms with Gasteiger partial charge in [-0.3, -0.25) is 4.79 Å². The fourth-order valence-electron chi connectivity index (χ4n) is 2.15. The molecule has 0 spiro atoms. The number of hydrogen-bond donors (Lipinski definition) is 0. The van der Waals surface area contributed by atoms with Gasteiger partial charge < -0.3 is 0 Å². The van der Waals surface area contributed by atoms with Gasteiger partial charge in [0, 0.05) is 12.8 Å². The van der Waals surface area contributed by atoms with Gasteiger partial charge in [0.15, 0.2) is 0 Å². The van der Waals surface area contributed by atoms with Crippen molar-refractivity contribution in [1.29, 1.82) is 0 Å². The number of carbonyl (C=O) groups is 1. The molecule has 0 heterocycles. The second-order valence-electron chi connectivity index (χ2n) is 3.96. The van der Waals surface area contributed by atoms with E-state index in [9.17, 15) is 4.79 Å². The summed E-state index contributed by atoms with van der Waals surface area (Å²) in [6.45, 7) is 0. The highest BCUT2D eigenvalue weighted by molar-refractivity contribution is 5.83. The topological polar surface area (TPSA) is 17.1 Å². The number of Topliss-reactive ketones (excluding diaryl/α,β-unsaturated/α-hetero) is 1. The second-order valence-corrected chi connectivity index (χ2v) is 3.96. The lowest BCUT2D eigenvalue weighted by atomic mass is 9.87. The molecule has 0 amide bonds. The molecule has 0 aliphatic heterocycles. The van der Waals surface area contributed by atoms with Gasteiger partial charge in [-0.15, -0.1) is 0 Å². The van der Waals surface area contributed by atoms with E-state index in [0.29, 0.717) is 12.2 Å². The van der Waals surface area contributed by atoms with Crippen LogP contribution in [0.5, 0.6) is 0 Å². The van der Waals surface area contributed by atoms with Crippen LogP contribution >= 0.6 is 0 Å². The number of rotatable bonds is 1. The van der Waals surface area contributed by atoms with Crippen LogP contribution in [0, 0.1) is 0 Å². The van der Waals surface area contributed by atoms with Gasteiger partial charge in [0.05, 0.1) is 0 Å². The lowest BCUT2D eigenvalue weighted by Crippen LogP contribution is -2.07. The van der Waals surface area contributed by atoms with Crippen molar-refractivity contribution in [3.63, 3.8) is 0 Å². The molecule has 2 aliphatic carbocycles. The molecule has 2 aliphatic rings. The Labute approximate surface area is 79.5 Å². The fourth-order valence-corrected chi connectivity index (χ4v) is 2.15. The van der Waals surface area contributed by atoms with Crippen molar-refractivity contribution in [2.45, 2.75) is 44.9 Å². The third kappa shape index (κ3) is 2.09. The van der Waals surface area contributed by atoms with Crippen molar-refractivity contribution < 1.29 is 4.79 Å². The summed E-state index contributed by atoms with van der Waals surface area (Å²) in [5.41, 5.74) is 2.79. The van der Waals surface area contributed by atoms with Gasteiger partial charge in [0.1, 0.15) is 5.78 Å². The lowest BCUT2D eigenvalue weighted by molar-refractivity contribution is -0.118. The molecule has 0 radical (unpaired) electrons. The van der Waals surface area contributed by atoms with E-state index in [-0.39, 0.29) is 0 Å². The van der Waals surface area contributed by atoms with Crippen LogP contribution in [0.3, 0.4) is 0 Å². The van der Waals surface area contributed by atoms with Gasteiger partial charge >= 0.3 is 0 Å². The quantitative estimate of drug-likeness (QED) is 0.599. The Kier molecular flexibility index (Phi) is 2.62. The van der Waals surface area contributed by atoms with Gasteiger partial charge in [-0.25, -0.2) is 0 Å². The summed E-state index contributed by atoms with van der Waals surface area (Å²) in [6, 6.07) is 0. The molecule has 0 bridgehead atoms. The zero-order valence-electron chi connectivity index (χ0n) is 8.01. The largest absolute Gasteiger partial charge is 0.299 e. The van der Waals surface area contributed by atoms with E-state index < -0.39 is 0 Å². The van der Waals surface area contributed by atoms with Crippen LogP contribution in [0.1, 0.15) is 44.9 Å². The maximum Gasteiger partial charge on any atom is 0.137 e. The summed E-state index contributed by atoms with van der Waals surface area (Å²) in [5.74, 6) is 0.420. The molecule has 2 rings (SSSR count). The van der Waals surface area contributed by atoms with Crippen LogP contribution in [-0.4, -0.2) is 5.78 Å². The first-order valence-electron chi connectivity index (χ1n) is 5.26. The normalized spacial score (nSPS) is 23.8. The fraction of sp³-hybridized carbons (Fsp3) is 0.583. The Morgan fingerprint density at radius 2 is 1.77 bits per heavy atom. The Morgan fingerprint density at radius 1 is 0.923 bits per heavy atom. The van der Waals surface area contributed by atoms with Crippen LogP contribution in [0.2, 0.25) is 0 Å². The van der Waals surface area contributed by atoms with Crippen LogP contribution in [-0.2, 0) is 4.79 Å². The van der Waals surface area contributed by atoms with E-state index in [2.05, 4.69) is 12.2 Å². The van der Waals surface area contributed by atoms with Gasteiger partial charge in [0.2, 0.25) is 0 Å². The first kappa shape index (κ1) is 8.74. The zero-order valence-corrected chi connectivity index (χ0v) is 8.01. The van der Waals surface area contributed by atoms with Crippen LogP contribution in [0.15, 0.2) is 23.3 Å². The molecule has 0 saturated heterocycles. The van der Waals surface area contributed by atoms with Crippen molar-refractivity contribution in [3.05, 3.63) is 23.3 Å². The SMILES string of the molecule is O=C1CCC=C(C2=CCCCC2)C1. The molecular weight excluding hydrogens is 160 g/mol. The highest BCUT2D eigenvalue weighted by Crippen LogP contribution is 2.29. The van der Waals surface area contributed by atoms with Crippen LogP contribution in [0.25, 0.3) is 0 Å². The summed E-state index contributed by atoms with van der Waals surface area (Å²) >= 11 is 0. The Morgan fingerprint density at radius 3 is 2.46 bits per heavy atom. The predicted molar refractivity (Wildman–Crippen MR) is 53.5 cm³/mol. The van der Waals surface area contributed by atoms with E-state index >= 15 is 0 Å². The highest BCUT2D eigenvalue weighted by atomic mass is 16.1. The summed E-state index contributed by atoms with van der Waals surface area (Å²) in [4.78, 5) is 11.2. The molecular formula is C12H16O. The number of ketones is 1. The first-order valence-corrected chi connectivity index (χ1v) is 5.26. The first-order chi connectivity index (χ1) is 6.36. The maximum absolute atomic E-state index is 11.2. The van der Waals surface area contributed by atoms with E-state index in [0.717, 1.165) is 12.8 Å². The summed E-state index contributed by atoms with van der Waals surface area (Å²) < 4.78 is 0. The summed E-state index contributed by atoms with van der Waals surface area (Å²) in [5, 5.41) is 0. The zero-order chi connectivity index (χ0) is 9.10. The predicted octanol–water partition coefficient (Wildman–Crippen LogP) is 3.17. The van der Waals surface area contributed by atoms with Gasteiger partial charge in [-0.05, 0) is 43.3 Å². The van der Waals surface area contributed by atoms with Crippen molar-refractivity contribution >= 4 is 5.78 Å². The number of allylic oxidation sites excluding steroid dienone is 4. The molecule has 0 aromatic rings. The summed E-state index contributed by atoms with van der Waals surface area (Å²) in [7, 11) is 0. The smallest absolute Gasteiger partial charge is 0.137 e. The minimum absolute atomic E-state index is 0.420. The molecule has 0 aromatic heterocycles. The molecule has 70 valence electrons. The average molecular weight is 176 g/mol. The number of carbonyl (C=O) groups excluding carboxylic acids is 1. The van der Waals surface area contributed by atoms with E-state index in [1.165, 1.54) is 36.8 Å². The number of hydrogen-bond acceptors (Lipinski definition) is 1. The van der Waals surface area contributed by atoms with Crippen molar-refractivity contribution in [3.8, 4) is 0 Å². The van der Waals surface area contributed by atoms with Gasteiger partial charge in [-0.2, -0.15) is 0 Å². The molecule has 1 heteroatoms. The Bertz CT molecular complexity index is 271. The minimum Gasteiger partial charge on any atom is -0.299 e.